The molecule has 276 valence electrons. The highest BCUT2D eigenvalue weighted by atomic mass is 16.3. The lowest BCUT2D eigenvalue weighted by Crippen LogP contribution is -2.04. The molecule has 0 heterocycles. The molecule has 1 unspecified atom stereocenters. The van der Waals surface area contributed by atoms with Gasteiger partial charge in [-0.2, -0.15) is 0 Å². The Labute approximate surface area is 303 Å². The molecule has 0 aromatic heterocycles. The Hall–Kier alpha value is -2.56. The molecule has 0 aromatic carbocycles. The number of unbranched alkanes of at least 4 members (excludes halogenated alkanes) is 21. The van der Waals surface area contributed by atoms with Crippen molar-refractivity contribution in [1.82, 2.24) is 0 Å². The van der Waals surface area contributed by atoms with Crippen molar-refractivity contribution in [3.05, 3.63) is 72.9 Å². The van der Waals surface area contributed by atoms with Crippen LogP contribution < -0.4 is 0 Å². The zero-order valence-corrected chi connectivity index (χ0v) is 31.2. The van der Waals surface area contributed by atoms with E-state index in [4.69, 9.17) is 12.8 Å². The molecule has 3 heteroatoms. The largest absolute Gasteiger partial charge is 0.389 e. The molecule has 0 fully saturated rings. The van der Waals surface area contributed by atoms with Crippen LogP contribution in [0.4, 0.5) is 0 Å². The fourth-order valence-corrected chi connectivity index (χ4v) is 5.60. The first-order valence-electron chi connectivity index (χ1n) is 20.0. The van der Waals surface area contributed by atoms with Gasteiger partial charge in [0.2, 0.25) is 0 Å². The van der Waals surface area contributed by atoms with Crippen LogP contribution in [-0.4, -0.2) is 33.6 Å². The first kappa shape index (κ1) is 46.4. The van der Waals surface area contributed by atoms with E-state index in [1.54, 1.807) is 12.2 Å². The molecule has 0 amide bonds. The van der Waals surface area contributed by atoms with Gasteiger partial charge in [-0.1, -0.05) is 143 Å². The average molecular weight is 675 g/mol. The zero-order valence-electron chi connectivity index (χ0n) is 31.2. The van der Waals surface area contributed by atoms with E-state index in [9.17, 15) is 15.3 Å². The normalized spacial score (nSPS) is 14.2. The summed E-state index contributed by atoms with van der Waals surface area (Å²) < 4.78 is 0. The third-order valence-electron chi connectivity index (χ3n) is 8.71. The van der Waals surface area contributed by atoms with Crippen LogP contribution in [0.2, 0.25) is 0 Å². The van der Waals surface area contributed by atoms with Gasteiger partial charge in [-0.05, 0) is 115 Å². The lowest BCUT2D eigenvalue weighted by molar-refractivity contribution is 0.205. The van der Waals surface area contributed by atoms with E-state index in [0.717, 1.165) is 38.5 Å². The van der Waals surface area contributed by atoms with Crippen molar-refractivity contribution in [3.8, 4) is 24.7 Å². The average Bonchev–Trinajstić information content (AvgIpc) is 3.11. The summed E-state index contributed by atoms with van der Waals surface area (Å²) >= 11 is 0. The van der Waals surface area contributed by atoms with Crippen LogP contribution in [0.15, 0.2) is 72.9 Å². The molecular formula is C46H74O3. The topological polar surface area (TPSA) is 60.7 Å². The van der Waals surface area contributed by atoms with Gasteiger partial charge in [-0.3, -0.25) is 0 Å². The quantitative estimate of drug-likeness (QED) is 0.0356. The van der Waals surface area contributed by atoms with Gasteiger partial charge in [0.05, 0.1) is 6.10 Å². The molecule has 0 aliphatic rings. The van der Waals surface area contributed by atoms with Crippen LogP contribution >= 0.6 is 0 Å². The smallest absolute Gasteiger partial charge is 0.133 e. The molecule has 0 saturated carbocycles. The van der Waals surface area contributed by atoms with Gasteiger partial charge < -0.3 is 15.3 Å². The molecule has 0 aliphatic carbocycles. The summed E-state index contributed by atoms with van der Waals surface area (Å²) in [4.78, 5) is 0. The van der Waals surface area contributed by atoms with Crippen molar-refractivity contribution in [2.75, 3.05) is 0 Å². The summed E-state index contributed by atoms with van der Waals surface area (Å²) in [6.07, 6.45) is 66.6. The minimum absolute atomic E-state index is 0.523. The van der Waals surface area contributed by atoms with Crippen molar-refractivity contribution in [2.45, 2.75) is 192 Å². The van der Waals surface area contributed by atoms with Gasteiger partial charge >= 0.3 is 0 Å². The Balaban J connectivity index is 3.34. The Morgan fingerprint density at radius 2 is 0.653 bits per heavy atom. The second kappa shape index (κ2) is 39.9. The van der Waals surface area contributed by atoms with Crippen molar-refractivity contribution in [1.29, 1.82) is 0 Å². The minimum atomic E-state index is -0.906. The summed E-state index contributed by atoms with van der Waals surface area (Å²) in [5.74, 6) is 4.50. The fraction of sp³-hybridized carbons (Fsp3) is 0.652. The van der Waals surface area contributed by atoms with Gasteiger partial charge in [-0.15, -0.1) is 12.8 Å². The number of terminal acetylenes is 2. The van der Waals surface area contributed by atoms with Gasteiger partial charge in [0.1, 0.15) is 12.2 Å². The van der Waals surface area contributed by atoms with E-state index in [1.807, 2.05) is 6.08 Å². The Morgan fingerprint density at radius 1 is 0.347 bits per heavy atom. The molecule has 0 rings (SSSR count). The van der Waals surface area contributed by atoms with E-state index in [-0.39, 0.29) is 0 Å². The molecule has 0 saturated heterocycles. The van der Waals surface area contributed by atoms with E-state index >= 15 is 0 Å². The van der Waals surface area contributed by atoms with Crippen LogP contribution in [0.1, 0.15) is 173 Å². The number of aliphatic hydroxyl groups excluding tert-OH is 3. The van der Waals surface area contributed by atoms with Gasteiger partial charge in [-0.25, -0.2) is 0 Å². The fourth-order valence-electron chi connectivity index (χ4n) is 5.60. The summed E-state index contributed by atoms with van der Waals surface area (Å²) in [6, 6.07) is 0. The summed E-state index contributed by atoms with van der Waals surface area (Å²) in [5.41, 5.74) is 0. The lowest BCUT2D eigenvalue weighted by Gasteiger charge is -2.05. The highest BCUT2D eigenvalue weighted by Gasteiger charge is 2.00. The van der Waals surface area contributed by atoms with E-state index in [1.165, 1.54) is 134 Å². The van der Waals surface area contributed by atoms with Gasteiger partial charge in [0, 0.05) is 0 Å². The third-order valence-corrected chi connectivity index (χ3v) is 8.71. The van der Waals surface area contributed by atoms with Crippen molar-refractivity contribution < 1.29 is 15.3 Å². The number of allylic oxidation sites excluding steroid dienone is 9. The molecular weight excluding hydrogens is 601 g/mol. The Bertz CT molecular complexity index is 954. The molecule has 0 radical (unpaired) electrons. The third kappa shape index (κ3) is 39.8. The molecule has 0 aliphatic heterocycles. The van der Waals surface area contributed by atoms with E-state index < -0.39 is 18.3 Å². The van der Waals surface area contributed by atoms with Gasteiger partial charge in [0.15, 0.2) is 0 Å². The molecule has 0 spiro atoms. The van der Waals surface area contributed by atoms with E-state index in [2.05, 4.69) is 60.4 Å². The number of hydrogen-bond acceptors (Lipinski definition) is 3. The van der Waals surface area contributed by atoms with Gasteiger partial charge in [0.25, 0.3) is 0 Å². The second-order valence-electron chi connectivity index (χ2n) is 13.4. The highest BCUT2D eigenvalue weighted by Crippen LogP contribution is 2.13. The summed E-state index contributed by atoms with van der Waals surface area (Å²) in [7, 11) is 0. The first-order valence-corrected chi connectivity index (χ1v) is 20.0. The Morgan fingerprint density at radius 3 is 1.06 bits per heavy atom. The number of rotatable bonds is 35. The second-order valence-corrected chi connectivity index (χ2v) is 13.4. The number of aliphatic hydroxyl groups is 3. The molecule has 3 nitrogen and oxygen atoms in total. The maximum Gasteiger partial charge on any atom is 0.133 e. The molecule has 0 aromatic rings. The van der Waals surface area contributed by atoms with Crippen LogP contribution in [0, 0.1) is 24.7 Å². The van der Waals surface area contributed by atoms with Crippen LogP contribution in [0.3, 0.4) is 0 Å². The molecule has 3 N–H and O–H groups in total. The molecule has 3 atom stereocenters. The van der Waals surface area contributed by atoms with Crippen molar-refractivity contribution in [2.24, 2.45) is 0 Å². The highest BCUT2D eigenvalue weighted by molar-refractivity contribution is 5.07. The minimum Gasteiger partial charge on any atom is -0.389 e. The summed E-state index contributed by atoms with van der Waals surface area (Å²) in [5, 5.41) is 28.4. The van der Waals surface area contributed by atoms with Crippen LogP contribution in [-0.2, 0) is 0 Å². The molecule has 0 bridgehead atoms. The standard InChI is InChI=1S/C46H74O3/c1-3-44(47)40-38-36-34-32-30-28-26-24-22-20-18-16-14-12-10-8-6-5-7-9-11-13-15-17-19-21-23-25-27-29-31-33-35-37-39-41-46(49)43-42-45(48)4-2/h1-2,8,10-11,13,23,25,29,31,38,40,42-49H,5-7,9,12,14-22,24,26-28,30,32-37,39,41H2/b10-8-,13-11-,25-23-,31-29-,40-38+,43-42+/t44-,45-,46?/m1/s1. The SMILES string of the molecule is C#C[C@@H](O)/C=C/CCCCCCCCCCCCC/C=C\CCCC/C=C\CCCC/C=C\C/C=C\CCCCCC(O)/C=C/[C@H](O)C#C. The maximum atomic E-state index is 9.83. The molecule has 49 heavy (non-hydrogen) atoms. The monoisotopic (exact) mass is 675 g/mol. The number of hydrogen-bond donors (Lipinski definition) is 3. The zero-order chi connectivity index (χ0) is 35.7. The Kier molecular flexibility index (Phi) is 37.8. The van der Waals surface area contributed by atoms with Crippen LogP contribution in [0.5, 0.6) is 0 Å². The maximum absolute atomic E-state index is 9.83. The predicted molar refractivity (Wildman–Crippen MR) is 215 cm³/mol. The van der Waals surface area contributed by atoms with Crippen LogP contribution in [0.25, 0.3) is 0 Å². The summed E-state index contributed by atoms with van der Waals surface area (Å²) in [6.45, 7) is 0. The van der Waals surface area contributed by atoms with Crippen molar-refractivity contribution >= 4 is 0 Å². The van der Waals surface area contributed by atoms with E-state index in [0.29, 0.717) is 6.42 Å². The lowest BCUT2D eigenvalue weighted by atomic mass is 10.0. The van der Waals surface area contributed by atoms with Crippen molar-refractivity contribution in [3.63, 3.8) is 0 Å². The first-order chi connectivity index (χ1) is 24.1. The predicted octanol–water partition coefficient (Wildman–Crippen LogP) is 12.2.